The van der Waals surface area contributed by atoms with E-state index in [9.17, 15) is 13.2 Å². The molecule has 1 amide bonds. The minimum absolute atomic E-state index is 0.0141. The van der Waals surface area contributed by atoms with Crippen LogP contribution < -0.4 is 9.46 Å². The van der Waals surface area contributed by atoms with Gasteiger partial charge in [0.1, 0.15) is 5.60 Å². The average Bonchev–Trinajstić information content (AvgIpc) is 3.40. The van der Waals surface area contributed by atoms with E-state index >= 15 is 0 Å². The van der Waals surface area contributed by atoms with Gasteiger partial charge in [0.05, 0.1) is 17.2 Å². The third-order valence-electron chi connectivity index (χ3n) is 9.93. The maximum Gasteiger partial charge on any atom is 0.410 e. The van der Waals surface area contributed by atoms with Crippen LogP contribution in [0.3, 0.4) is 0 Å². The predicted molar refractivity (Wildman–Crippen MR) is 183 cm³/mol. The van der Waals surface area contributed by atoms with Crippen LogP contribution in [0.2, 0.25) is 0 Å². The van der Waals surface area contributed by atoms with Crippen molar-refractivity contribution < 1.29 is 22.7 Å². The summed E-state index contributed by atoms with van der Waals surface area (Å²) in [5.41, 5.74) is 4.14. The van der Waals surface area contributed by atoms with E-state index in [2.05, 4.69) is 34.6 Å². The van der Waals surface area contributed by atoms with Crippen LogP contribution in [0.5, 0.6) is 5.88 Å². The first-order chi connectivity index (χ1) is 22.1. The van der Waals surface area contributed by atoms with E-state index in [1.165, 1.54) is 0 Å². The van der Waals surface area contributed by atoms with E-state index in [4.69, 9.17) is 9.47 Å². The lowest BCUT2D eigenvalue weighted by Crippen LogP contribution is -2.45. The van der Waals surface area contributed by atoms with Crippen LogP contribution in [0.4, 0.5) is 10.7 Å². The Balaban J connectivity index is 1.35. The molecule has 2 aromatic carbocycles. The highest BCUT2D eigenvalue weighted by molar-refractivity contribution is 7.92. The number of amides is 1. The van der Waals surface area contributed by atoms with Crippen molar-refractivity contribution in [1.29, 1.82) is 0 Å². The van der Waals surface area contributed by atoms with Gasteiger partial charge in [-0.15, -0.1) is 0 Å². The number of rotatable bonds is 4. The molecule has 0 radical (unpaired) electrons. The number of likely N-dealkylation sites (tertiary alicyclic amines) is 1. The summed E-state index contributed by atoms with van der Waals surface area (Å²) in [6.07, 6.45) is 3.55. The van der Waals surface area contributed by atoms with Gasteiger partial charge in [0.15, 0.2) is 0 Å². The molecule has 4 bridgehead atoms. The molecule has 3 aromatic rings. The SMILES string of the molecule is Cc1cccc(C)c1-c1cc2nc(n1)NS(=O)(=O)c1cccc(c1)C(C1CC3(CCN(C(=O)OC(C)(C)C)C3)C1)[C@H](CC(C)C)CO2. The molecule has 1 unspecified atom stereocenters. The number of ether oxygens (including phenoxy) is 2. The van der Waals surface area contributed by atoms with Gasteiger partial charge in [0.25, 0.3) is 10.0 Å². The Morgan fingerprint density at radius 3 is 2.47 bits per heavy atom. The molecule has 47 heavy (non-hydrogen) atoms. The number of anilines is 1. The van der Waals surface area contributed by atoms with E-state index < -0.39 is 15.6 Å². The minimum atomic E-state index is -3.99. The van der Waals surface area contributed by atoms with Crippen LogP contribution in [0.25, 0.3) is 11.3 Å². The number of hydrogen-bond acceptors (Lipinski definition) is 7. The second kappa shape index (κ2) is 12.4. The Kier molecular flexibility index (Phi) is 8.78. The fourth-order valence-electron chi connectivity index (χ4n) is 8.06. The molecule has 10 heteroatoms. The van der Waals surface area contributed by atoms with Crippen molar-refractivity contribution in [2.45, 2.75) is 90.6 Å². The highest BCUT2D eigenvalue weighted by Gasteiger charge is 2.53. The minimum Gasteiger partial charge on any atom is -0.477 e. The van der Waals surface area contributed by atoms with Crippen molar-refractivity contribution in [1.82, 2.24) is 14.9 Å². The Bertz CT molecular complexity index is 1740. The van der Waals surface area contributed by atoms with Crippen LogP contribution in [-0.2, 0) is 14.8 Å². The van der Waals surface area contributed by atoms with Crippen molar-refractivity contribution in [2.75, 3.05) is 24.4 Å². The van der Waals surface area contributed by atoms with E-state index in [0.717, 1.165) is 47.9 Å². The van der Waals surface area contributed by atoms with E-state index in [0.29, 0.717) is 43.1 Å². The smallest absolute Gasteiger partial charge is 0.410 e. The van der Waals surface area contributed by atoms with Crippen molar-refractivity contribution >= 4 is 22.1 Å². The highest BCUT2D eigenvalue weighted by atomic mass is 32.2. The van der Waals surface area contributed by atoms with Crippen LogP contribution >= 0.6 is 0 Å². The zero-order valence-corrected chi connectivity index (χ0v) is 29.5. The summed E-state index contributed by atoms with van der Waals surface area (Å²) in [7, 11) is -3.99. The van der Waals surface area contributed by atoms with Gasteiger partial charge in [-0.3, -0.25) is 0 Å². The summed E-state index contributed by atoms with van der Waals surface area (Å²) >= 11 is 0. The number of carbonyl (C=O) groups is 1. The molecule has 9 nitrogen and oxygen atoms in total. The Labute approximate surface area is 279 Å². The molecule has 2 aliphatic heterocycles. The Morgan fingerprint density at radius 1 is 1.09 bits per heavy atom. The number of aromatic nitrogens is 2. The number of nitrogens with one attached hydrogen (secondary N) is 1. The van der Waals surface area contributed by atoms with Crippen molar-refractivity contribution in [2.24, 2.45) is 23.2 Å². The first-order valence-electron chi connectivity index (χ1n) is 16.8. The predicted octanol–water partition coefficient (Wildman–Crippen LogP) is 7.74. The number of aryl methyl sites for hydroxylation is 2. The lowest BCUT2D eigenvalue weighted by Gasteiger charge is -2.50. The molecular weight excluding hydrogens is 612 g/mol. The number of nitrogens with zero attached hydrogens (tertiary/aromatic N) is 3. The van der Waals surface area contributed by atoms with Gasteiger partial charge >= 0.3 is 6.09 Å². The quantitative estimate of drug-likeness (QED) is 0.305. The lowest BCUT2D eigenvalue weighted by atomic mass is 9.54. The average molecular weight is 661 g/mol. The third kappa shape index (κ3) is 7.12. The molecule has 1 aromatic heterocycles. The van der Waals surface area contributed by atoms with Gasteiger partial charge in [0.2, 0.25) is 11.8 Å². The molecule has 252 valence electrons. The van der Waals surface area contributed by atoms with Crippen LogP contribution in [0, 0.1) is 37.0 Å². The number of hydrogen-bond donors (Lipinski definition) is 1. The first kappa shape index (κ1) is 33.2. The monoisotopic (exact) mass is 660 g/mol. The maximum absolute atomic E-state index is 13.8. The fourth-order valence-corrected chi connectivity index (χ4v) is 9.06. The molecule has 1 saturated heterocycles. The third-order valence-corrected chi connectivity index (χ3v) is 11.3. The number of fused-ring (bicyclic) bond motifs is 4. The summed E-state index contributed by atoms with van der Waals surface area (Å²) in [6.45, 7) is 16.0. The summed E-state index contributed by atoms with van der Waals surface area (Å²) in [5, 5.41) is 0. The molecular formula is C37H48N4O5S. The van der Waals surface area contributed by atoms with Gasteiger partial charge in [-0.1, -0.05) is 44.2 Å². The Hall–Kier alpha value is -3.66. The molecule has 1 spiro atoms. The summed E-state index contributed by atoms with van der Waals surface area (Å²) < 4.78 is 42.5. The van der Waals surface area contributed by atoms with Gasteiger partial charge in [-0.25, -0.2) is 22.9 Å². The molecule has 1 N–H and O–H groups in total. The largest absolute Gasteiger partial charge is 0.477 e. The fraction of sp³-hybridized carbons (Fsp3) is 0.541. The number of sulfonamides is 1. The van der Waals surface area contributed by atoms with Crippen LogP contribution in [0.15, 0.2) is 53.4 Å². The van der Waals surface area contributed by atoms with Gasteiger partial charge < -0.3 is 14.4 Å². The van der Waals surface area contributed by atoms with Gasteiger partial charge in [-0.05, 0) is 112 Å². The van der Waals surface area contributed by atoms with Crippen LogP contribution in [0.1, 0.15) is 82.9 Å². The molecule has 6 rings (SSSR count). The molecule has 2 atom stereocenters. The normalized spacial score (nSPS) is 25.3. The summed E-state index contributed by atoms with van der Waals surface area (Å²) in [5.74, 6) is 1.25. The van der Waals surface area contributed by atoms with E-state index in [1.807, 2.05) is 75.9 Å². The van der Waals surface area contributed by atoms with Gasteiger partial charge in [-0.2, -0.15) is 4.98 Å². The second-order valence-electron chi connectivity index (χ2n) is 15.4. The van der Waals surface area contributed by atoms with E-state index in [1.54, 1.807) is 6.07 Å². The maximum atomic E-state index is 13.8. The molecule has 1 aliphatic carbocycles. The summed E-state index contributed by atoms with van der Waals surface area (Å²) in [4.78, 5) is 24.1. The zero-order chi connectivity index (χ0) is 33.7. The standard InChI is InChI=1S/C37H48N4O5S/c1-23(2)16-27-21-45-31-18-30(32-24(3)10-8-11-25(32)4)38-34(39-31)40-47(43,44)29-13-9-12-26(17-29)33(27)28-19-37(20-28)14-15-41(22-37)35(42)46-36(5,6)7/h8-13,17-18,23,27-28,33H,14-16,19-22H2,1-7H3,(H,38,39,40)/t27-,28?,33?,37?/m1/s1. The molecule has 3 aliphatic rings. The second-order valence-corrected chi connectivity index (χ2v) is 17.1. The first-order valence-corrected chi connectivity index (χ1v) is 18.3. The molecule has 1 saturated carbocycles. The lowest BCUT2D eigenvalue weighted by molar-refractivity contribution is 0.00530. The summed E-state index contributed by atoms with van der Waals surface area (Å²) in [6, 6.07) is 15.2. The van der Waals surface area contributed by atoms with Gasteiger partial charge in [0, 0.05) is 30.6 Å². The Morgan fingerprint density at radius 2 is 1.79 bits per heavy atom. The number of benzene rings is 2. The topological polar surface area (TPSA) is 111 Å². The molecule has 3 heterocycles. The van der Waals surface area contributed by atoms with Crippen LogP contribution in [-0.4, -0.2) is 54.7 Å². The van der Waals surface area contributed by atoms with Crippen molar-refractivity contribution in [3.8, 4) is 17.1 Å². The van der Waals surface area contributed by atoms with E-state index in [-0.39, 0.29) is 34.2 Å². The number of carbonyl (C=O) groups excluding carboxylic acids is 1. The van der Waals surface area contributed by atoms with Crippen molar-refractivity contribution in [3.63, 3.8) is 0 Å². The van der Waals surface area contributed by atoms with Crippen molar-refractivity contribution in [3.05, 3.63) is 65.2 Å². The molecule has 2 fully saturated rings. The highest BCUT2D eigenvalue weighted by Crippen LogP contribution is 2.58. The zero-order valence-electron chi connectivity index (χ0n) is 28.7.